The summed E-state index contributed by atoms with van der Waals surface area (Å²) in [4.78, 5) is 12.4. The summed E-state index contributed by atoms with van der Waals surface area (Å²) in [5.74, 6) is 1.99. The van der Waals surface area contributed by atoms with Crippen LogP contribution in [0.2, 0.25) is 0 Å². The second-order valence-electron chi connectivity index (χ2n) is 6.04. The zero-order chi connectivity index (χ0) is 12.7. The molecule has 1 amide bonds. The Balaban J connectivity index is 1.75. The number of hydrogen-bond acceptors (Lipinski definition) is 1. The van der Waals surface area contributed by atoms with Crippen LogP contribution in [0.3, 0.4) is 0 Å². The Kier molecular flexibility index (Phi) is 2.89. The molecule has 96 valence electrons. The van der Waals surface area contributed by atoms with Crippen molar-refractivity contribution in [3.63, 3.8) is 0 Å². The largest absolute Gasteiger partial charge is 0.325 e. The lowest BCUT2D eigenvalue weighted by molar-refractivity contribution is -0.121. The Hall–Kier alpha value is -1.31. The number of nitrogens with one attached hydrogen (secondary N) is 1. The molecule has 1 N–H and O–H groups in total. The SMILES string of the molecule is Cc1cccc(C)c1NC(=O)[C@@H]1C[C@@H]2CC[C@@H]1C2. The average molecular weight is 243 g/mol. The highest BCUT2D eigenvalue weighted by Crippen LogP contribution is 2.48. The predicted octanol–water partition coefficient (Wildman–Crippen LogP) is 3.68. The van der Waals surface area contributed by atoms with Crippen molar-refractivity contribution in [1.29, 1.82) is 0 Å². The van der Waals surface area contributed by atoms with Gasteiger partial charge in [0, 0.05) is 11.6 Å². The quantitative estimate of drug-likeness (QED) is 0.843. The summed E-state index contributed by atoms with van der Waals surface area (Å²) in [6.07, 6.45) is 5.00. The predicted molar refractivity (Wildman–Crippen MR) is 73.5 cm³/mol. The average Bonchev–Trinajstić information content (AvgIpc) is 2.96. The topological polar surface area (TPSA) is 29.1 Å². The maximum atomic E-state index is 12.4. The van der Waals surface area contributed by atoms with Crippen molar-refractivity contribution in [3.05, 3.63) is 29.3 Å². The molecule has 0 saturated heterocycles. The first-order valence-corrected chi connectivity index (χ1v) is 7.02. The summed E-state index contributed by atoms with van der Waals surface area (Å²) in [5, 5.41) is 3.17. The Morgan fingerprint density at radius 2 is 1.89 bits per heavy atom. The summed E-state index contributed by atoms with van der Waals surface area (Å²) in [6.45, 7) is 4.12. The number of carbonyl (C=O) groups is 1. The fourth-order valence-corrected chi connectivity index (χ4v) is 3.79. The molecular formula is C16H21NO. The Bertz CT molecular complexity index is 460. The van der Waals surface area contributed by atoms with Gasteiger partial charge < -0.3 is 5.32 Å². The van der Waals surface area contributed by atoms with Gasteiger partial charge in [0.15, 0.2) is 0 Å². The molecular weight excluding hydrogens is 222 g/mol. The Labute approximate surface area is 109 Å². The molecule has 2 nitrogen and oxygen atoms in total. The highest BCUT2D eigenvalue weighted by atomic mass is 16.1. The molecule has 2 bridgehead atoms. The smallest absolute Gasteiger partial charge is 0.227 e. The molecule has 3 atom stereocenters. The van der Waals surface area contributed by atoms with Crippen LogP contribution in [0.15, 0.2) is 18.2 Å². The molecule has 0 radical (unpaired) electrons. The zero-order valence-electron chi connectivity index (χ0n) is 11.2. The second kappa shape index (κ2) is 4.42. The van der Waals surface area contributed by atoms with Crippen molar-refractivity contribution in [2.24, 2.45) is 17.8 Å². The molecule has 3 rings (SSSR count). The molecule has 2 heteroatoms. The molecule has 0 spiro atoms. The van der Waals surface area contributed by atoms with Crippen molar-refractivity contribution >= 4 is 11.6 Å². The van der Waals surface area contributed by atoms with E-state index in [1.54, 1.807) is 0 Å². The van der Waals surface area contributed by atoms with Gasteiger partial charge in [-0.15, -0.1) is 0 Å². The van der Waals surface area contributed by atoms with Crippen molar-refractivity contribution in [2.75, 3.05) is 5.32 Å². The van der Waals surface area contributed by atoms with Crippen LogP contribution >= 0.6 is 0 Å². The summed E-state index contributed by atoms with van der Waals surface area (Å²) in [6, 6.07) is 6.16. The molecule has 2 fully saturated rings. The van der Waals surface area contributed by atoms with Crippen molar-refractivity contribution in [3.8, 4) is 0 Å². The number of benzene rings is 1. The standard InChI is InChI=1S/C16H21NO/c1-10-4-3-5-11(2)15(10)17-16(18)14-9-12-6-7-13(14)8-12/h3-5,12-14H,6-9H2,1-2H3,(H,17,18)/t12-,13-,14-/m1/s1. The Morgan fingerprint density at radius 1 is 1.17 bits per heavy atom. The minimum atomic E-state index is 0.250. The van der Waals surface area contributed by atoms with E-state index in [9.17, 15) is 4.79 Å². The maximum absolute atomic E-state index is 12.4. The molecule has 2 aliphatic rings. The van der Waals surface area contributed by atoms with Crippen LogP contribution < -0.4 is 5.32 Å². The van der Waals surface area contributed by atoms with Gasteiger partial charge in [0.05, 0.1) is 0 Å². The lowest BCUT2D eigenvalue weighted by atomic mass is 9.88. The lowest BCUT2D eigenvalue weighted by Crippen LogP contribution is -2.27. The van der Waals surface area contributed by atoms with E-state index in [4.69, 9.17) is 0 Å². The maximum Gasteiger partial charge on any atom is 0.227 e. The third-order valence-electron chi connectivity index (χ3n) is 4.80. The summed E-state index contributed by atoms with van der Waals surface area (Å²) >= 11 is 0. The molecule has 2 saturated carbocycles. The van der Waals surface area contributed by atoms with Crippen molar-refractivity contribution in [2.45, 2.75) is 39.5 Å². The van der Waals surface area contributed by atoms with E-state index in [-0.39, 0.29) is 11.8 Å². The van der Waals surface area contributed by atoms with E-state index in [0.717, 1.165) is 29.2 Å². The van der Waals surface area contributed by atoms with Gasteiger partial charge in [0.25, 0.3) is 0 Å². The lowest BCUT2D eigenvalue weighted by Gasteiger charge is -2.22. The summed E-state index contributed by atoms with van der Waals surface area (Å²) < 4.78 is 0. The van der Waals surface area contributed by atoms with E-state index >= 15 is 0 Å². The van der Waals surface area contributed by atoms with Gasteiger partial charge in [0.2, 0.25) is 5.91 Å². The van der Waals surface area contributed by atoms with Crippen LogP contribution in [0.25, 0.3) is 0 Å². The first-order valence-electron chi connectivity index (χ1n) is 7.02. The third-order valence-corrected chi connectivity index (χ3v) is 4.80. The minimum Gasteiger partial charge on any atom is -0.325 e. The van der Waals surface area contributed by atoms with Crippen molar-refractivity contribution in [1.82, 2.24) is 0 Å². The highest BCUT2D eigenvalue weighted by Gasteiger charge is 2.43. The minimum absolute atomic E-state index is 0.250. The number of carbonyl (C=O) groups excluding carboxylic acids is 1. The van der Waals surface area contributed by atoms with E-state index in [0.29, 0.717) is 5.92 Å². The molecule has 18 heavy (non-hydrogen) atoms. The summed E-state index contributed by atoms with van der Waals surface area (Å²) in [7, 11) is 0. The van der Waals surface area contributed by atoms with Crippen molar-refractivity contribution < 1.29 is 4.79 Å². The number of amides is 1. The molecule has 0 unspecified atom stereocenters. The Morgan fingerprint density at radius 3 is 2.44 bits per heavy atom. The van der Waals surface area contributed by atoms with Crippen LogP contribution in [0.5, 0.6) is 0 Å². The number of aryl methyl sites for hydroxylation is 2. The van der Waals surface area contributed by atoms with E-state index in [1.165, 1.54) is 19.3 Å². The fourth-order valence-electron chi connectivity index (χ4n) is 3.79. The van der Waals surface area contributed by atoms with Gasteiger partial charge in [-0.2, -0.15) is 0 Å². The monoisotopic (exact) mass is 243 g/mol. The first-order chi connectivity index (χ1) is 8.65. The van der Waals surface area contributed by atoms with E-state index < -0.39 is 0 Å². The van der Waals surface area contributed by atoms with Crippen LogP contribution in [-0.4, -0.2) is 5.91 Å². The number of para-hydroxylation sites is 1. The first kappa shape index (κ1) is 11.8. The number of fused-ring (bicyclic) bond motifs is 2. The molecule has 0 heterocycles. The molecule has 1 aromatic rings. The van der Waals surface area contributed by atoms with Crippen LogP contribution in [-0.2, 0) is 4.79 Å². The molecule has 2 aliphatic carbocycles. The van der Waals surface area contributed by atoms with Crippen LogP contribution in [0.4, 0.5) is 5.69 Å². The molecule has 0 aromatic heterocycles. The van der Waals surface area contributed by atoms with Gasteiger partial charge in [0.1, 0.15) is 0 Å². The van der Waals surface area contributed by atoms with Gasteiger partial charge in [-0.3, -0.25) is 4.79 Å². The van der Waals surface area contributed by atoms with Gasteiger partial charge in [-0.05, 0) is 56.1 Å². The molecule has 1 aromatic carbocycles. The highest BCUT2D eigenvalue weighted by molar-refractivity contribution is 5.94. The van der Waals surface area contributed by atoms with Gasteiger partial charge in [-0.1, -0.05) is 24.6 Å². The third kappa shape index (κ3) is 1.94. The second-order valence-corrected chi connectivity index (χ2v) is 6.04. The van der Waals surface area contributed by atoms with E-state index in [1.807, 2.05) is 6.07 Å². The zero-order valence-corrected chi connectivity index (χ0v) is 11.2. The number of anilines is 1. The van der Waals surface area contributed by atoms with Crippen LogP contribution in [0, 0.1) is 31.6 Å². The normalized spacial score (nSPS) is 29.6. The number of rotatable bonds is 2. The van der Waals surface area contributed by atoms with E-state index in [2.05, 4.69) is 31.3 Å². The van der Waals surface area contributed by atoms with Gasteiger partial charge >= 0.3 is 0 Å². The van der Waals surface area contributed by atoms with Gasteiger partial charge in [-0.25, -0.2) is 0 Å². The number of hydrogen-bond donors (Lipinski definition) is 1. The van der Waals surface area contributed by atoms with Crippen LogP contribution in [0.1, 0.15) is 36.8 Å². The fraction of sp³-hybridized carbons (Fsp3) is 0.562. The summed E-state index contributed by atoms with van der Waals surface area (Å²) in [5.41, 5.74) is 3.34. The molecule has 0 aliphatic heterocycles.